The molecule has 0 aliphatic rings. The van der Waals surface area contributed by atoms with Crippen molar-refractivity contribution in [3.05, 3.63) is 48.7 Å². The van der Waals surface area contributed by atoms with Gasteiger partial charge in [-0.3, -0.25) is 4.79 Å². The largest absolute Gasteiger partial charge is 0.296 e. The Balaban J connectivity index is 2.09. The number of fused-ring (bicyclic) bond motifs is 1. The molecular weight excluding hydrogens is 290 g/mol. The summed E-state index contributed by atoms with van der Waals surface area (Å²) in [5, 5.41) is 4.42. The highest BCUT2D eigenvalue weighted by Crippen LogP contribution is 2.29. The van der Waals surface area contributed by atoms with Crippen LogP contribution < -0.4 is 0 Å². The van der Waals surface area contributed by atoms with E-state index in [1.165, 1.54) is 11.3 Å². The summed E-state index contributed by atoms with van der Waals surface area (Å²) in [6, 6.07) is 9.66. The summed E-state index contributed by atoms with van der Waals surface area (Å²) in [4.78, 5) is 16.6. The molecule has 2 heterocycles. The summed E-state index contributed by atoms with van der Waals surface area (Å²) >= 11 is 3.06. The number of aldehydes is 1. The molecule has 100 valence electrons. The van der Waals surface area contributed by atoms with Crippen LogP contribution in [0.2, 0.25) is 0 Å². The highest BCUT2D eigenvalue weighted by molar-refractivity contribution is 8.01. The molecule has 4 nitrogen and oxygen atoms in total. The SMILES string of the molecule is C=CCSc1nn2c(C=O)c(-c3ccccc3)nc2s1. The zero-order valence-corrected chi connectivity index (χ0v) is 12.2. The Labute approximate surface area is 124 Å². The van der Waals surface area contributed by atoms with E-state index in [0.717, 1.165) is 26.9 Å². The molecule has 0 aliphatic heterocycles. The van der Waals surface area contributed by atoms with E-state index in [1.54, 1.807) is 16.3 Å². The highest BCUT2D eigenvalue weighted by Gasteiger charge is 2.17. The lowest BCUT2D eigenvalue weighted by Crippen LogP contribution is -1.93. The van der Waals surface area contributed by atoms with Crippen LogP contribution in [0.1, 0.15) is 10.5 Å². The number of benzene rings is 1. The van der Waals surface area contributed by atoms with Gasteiger partial charge in [0.2, 0.25) is 4.96 Å². The lowest BCUT2D eigenvalue weighted by atomic mass is 10.1. The molecule has 0 unspecified atom stereocenters. The average Bonchev–Trinajstić information content (AvgIpc) is 3.02. The van der Waals surface area contributed by atoms with Crippen molar-refractivity contribution >= 4 is 34.3 Å². The van der Waals surface area contributed by atoms with E-state index in [1.807, 2.05) is 36.4 Å². The zero-order chi connectivity index (χ0) is 13.9. The van der Waals surface area contributed by atoms with Gasteiger partial charge in [0.15, 0.2) is 10.6 Å². The van der Waals surface area contributed by atoms with Gasteiger partial charge in [-0.2, -0.15) is 4.52 Å². The number of carbonyl (C=O) groups is 1. The van der Waals surface area contributed by atoms with Gasteiger partial charge in [-0.05, 0) is 0 Å². The summed E-state index contributed by atoms with van der Waals surface area (Å²) in [5.74, 6) is 0.790. The first-order valence-electron chi connectivity index (χ1n) is 5.97. The molecule has 0 aliphatic carbocycles. The van der Waals surface area contributed by atoms with E-state index < -0.39 is 0 Å². The lowest BCUT2D eigenvalue weighted by Gasteiger charge is -1.97. The van der Waals surface area contributed by atoms with Gasteiger partial charge in [-0.1, -0.05) is 59.5 Å². The van der Waals surface area contributed by atoms with Gasteiger partial charge in [0.1, 0.15) is 11.4 Å². The molecule has 0 saturated heterocycles. The Morgan fingerprint density at radius 1 is 1.35 bits per heavy atom. The average molecular weight is 301 g/mol. The number of hydrogen-bond acceptors (Lipinski definition) is 5. The topological polar surface area (TPSA) is 47.3 Å². The third-order valence-corrected chi connectivity index (χ3v) is 4.74. The zero-order valence-electron chi connectivity index (χ0n) is 10.5. The van der Waals surface area contributed by atoms with Crippen molar-refractivity contribution in [3.8, 4) is 11.3 Å². The van der Waals surface area contributed by atoms with Crippen LogP contribution in [-0.2, 0) is 0 Å². The van der Waals surface area contributed by atoms with Crippen LogP contribution in [0.3, 0.4) is 0 Å². The molecule has 0 atom stereocenters. The smallest absolute Gasteiger partial charge is 0.214 e. The van der Waals surface area contributed by atoms with Gasteiger partial charge in [-0.15, -0.1) is 11.7 Å². The van der Waals surface area contributed by atoms with Crippen molar-refractivity contribution < 1.29 is 4.79 Å². The van der Waals surface area contributed by atoms with Gasteiger partial charge >= 0.3 is 0 Å². The Morgan fingerprint density at radius 2 is 2.15 bits per heavy atom. The third kappa shape index (κ3) is 2.28. The first-order valence-corrected chi connectivity index (χ1v) is 7.77. The number of aromatic nitrogens is 3. The first-order chi connectivity index (χ1) is 9.83. The Kier molecular flexibility index (Phi) is 3.66. The molecule has 0 bridgehead atoms. The van der Waals surface area contributed by atoms with Crippen molar-refractivity contribution in [2.24, 2.45) is 0 Å². The molecule has 20 heavy (non-hydrogen) atoms. The van der Waals surface area contributed by atoms with E-state index in [-0.39, 0.29) is 0 Å². The summed E-state index contributed by atoms with van der Waals surface area (Å²) in [7, 11) is 0. The van der Waals surface area contributed by atoms with Crippen molar-refractivity contribution in [2.45, 2.75) is 4.34 Å². The van der Waals surface area contributed by atoms with E-state index in [0.29, 0.717) is 11.4 Å². The van der Waals surface area contributed by atoms with Gasteiger partial charge in [0.05, 0.1) is 0 Å². The molecule has 3 rings (SSSR count). The Morgan fingerprint density at radius 3 is 2.85 bits per heavy atom. The summed E-state index contributed by atoms with van der Waals surface area (Å²) < 4.78 is 2.50. The minimum Gasteiger partial charge on any atom is -0.296 e. The van der Waals surface area contributed by atoms with Crippen LogP contribution in [-0.4, -0.2) is 26.6 Å². The summed E-state index contributed by atoms with van der Waals surface area (Å²) in [6.07, 6.45) is 2.63. The molecular formula is C14H11N3OS2. The van der Waals surface area contributed by atoms with Crippen molar-refractivity contribution in [2.75, 3.05) is 5.75 Å². The van der Waals surface area contributed by atoms with Crippen LogP contribution in [0.15, 0.2) is 47.3 Å². The fourth-order valence-electron chi connectivity index (χ4n) is 1.85. The molecule has 0 fully saturated rings. The molecule has 0 saturated carbocycles. The Hall–Kier alpha value is -1.92. The van der Waals surface area contributed by atoms with Gasteiger partial charge in [0, 0.05) is 11.3 Å². The number of carbonyl (C=O) groups excluding carboxylic acids is 1. The van der Waals surface area contributed by atoms with Gasteiger partial charge in [0.25, 0.3) is 0 Å². The maximum Gasteiger partial charge on any atom is 0.214 e. The third-order valence-electron chi connectivity index (χ3n) is 2.70. The monoisotopic (exact) mass is 301 g/mol. The van der Waals surface area contributed by atoms with Crippen molar-refractivity contribution in [1.29, 1.82) is 0 Å². The predicted octanol–water partition coefficient (Wildman–Crippen LogP) is 3.55. The minimum atomic E-state index is 0.493. The van der Waals surface area contributed by atoms with E-state index in [4.69, 9.17) is 0 Å². The quantitative estimate of drug-likeness (QED) is 0.411. The fraction of sp³-hybridized carbons (Fsp3) is 0.0714. The van der Waals surface area contributed by atoms with E-state index in [9.17, 15) is 4.79 Å². The van der Waals surface area contributed by atoms with Gasteiger partial charge < -0.3 is 0 Å². The van der Waals surface area contributed by atoms with Crippen LogP contribution >= 0.6 is 23.1 Å². The minimum absolute atomic E-state index is 0.493. The van der Waals surface area contributed by atoms with E-state index >= 15 is 0 Å². The number of thioether (sulfide) groups is 1. The normalized spacial score (nSPS) is 10.8. The second kappa shape index (κ2) is 5.60. The number of nitrogens with zero attached hydrogens (tertiary/aromatic N) is 3. The fourth-order valence-corrected chi connectivity index (χ4v) is 3.55. The maximum atomic E-state index is 11.4. The molecule has 2 aromatic heterocycles. The summed E-state index contributed by atoms with van der Waals surface area (Å²) in [6.45, 7) is 3.68. The molecule has 0 amide bonds. The first kappa shape index (κ1) is 13.1. The van der Waals surface area contributed by atoms with Crippen LogP contribution in [0.25, 0.3) is 16.2 Å². The lowest BCUT2D eigenvalue weighted by molar-refractivity contribution is 0.111. The predicted molar refractivity (Wildman–Crippen MR) is 82.6 cm³/mol. The standard InChI is InChI=1S/C14H11N3OS2/c1-2-8-19-14-16-17-11(9-18)12(15-13(17)20-14)10-6-4-3-5-7-10/h2-7,9H,1,8H2. The van der Waals surface area contributed by atoms with Crippen LogP contribution in [0, 0.1) is 0 Å². The number of hydrogen-bond donors (Lipinski definition) is 0. The molecule has 3 aromatic rings. The van der Waals surface area contributed by atoms with Crippen LogP contribution in [0.4, 0.5) is 0 Å². The molecule has 0 radical (unpaired) electrons. The molecule has 1 aromatic carbocycles. The van der Waals surface area contributed by atoms with Gasteiger partial charge in [-0.25, -0.2) is 4.98 Å². The number of rotatable bonds is 5. The second-order valence-corrected chi connectivity index (χ2v) is 6.21. The Bertz CT molecular complexity index is 761. The van der Waals surface area contributed by atoms with Crippen molar-refractivity contribution in [3.63, 3.8) is 0 Å². The summed E-state index contributed by atoms with van der Waals surface area (Å²) in [5.41, 5.74) is 2.10. The highest BCUT2D eigenvalue weighted by atomic mass is 32.2. The van der Waals surface area contributed by atoms with Crippen LogP contribution in [0.5, 0.6) is 0 Å². The maximum absolute atomic E-state index is 11.4. The number of imidazole rings is 1. The second-order valence-electron chi connectivity index (χ2n) is 3.99. The van der Waals surface area contributed by atoms with E-state index in [2.05, 4.69) is 16.7 Å². The van der Waals surface area contributed by atoms with Crippen molar-refractivity contribution in [1.82, 2.24) is 14.6 Å². The molecule has 0 spiro atoms. The molecule has 6 heteroatoms. The molecule has 0 N–H and O–H groups in total.